The molecule has 0 aliphatic heterocycles. The highest BCUT2D eigenvalue weighted by molar-refractivity contribution is 7.71. The number of H-pyrrole nitrogens is 1. The van der Waals surface area contributed by atoms with Crippen molar-refractivity contribution in [2.24, 2.45) is 0 Å². The zero-order chi connectivity index (χ0) is 11.8. The molecule has 3 aromatic rings. The molecule has 3 aromatic heterocycles. The molecule has 0 aliphatic rings. The summed E-state index contributed by atoms with van der Waals surface area (Å²) in [6.45, 7) is 2.20. The van der Waals surface area contributed by atoms with Gasteiger partial charge >= 0.3 is 0 Å². The number of rotatable bonds is 2. The zero-order valence-corrected chi connectivity index (χ0v) is 9.86. The number of hydrogen-bond acceptors (Lipinski definition) is 5. The molecule has 0 unspecified atom stereocenters. The van der Waals surface area contributed by atoms with Crippen molar-refractivity contribution in [1.82, 2.24) is 24.7 Å². The summed E-state index contributed by atoms with van der Waals surface area (Å²) in [6, 6.07) is 3.78. The molecule has 0 saturated heterocycles. The minimum Gasteiger partial charge on any atom is -0.337 e. The Morgan fingerprint density at radius 3 is 3.18 bits per heavy atom. The van der Waals surface area contributed by atoms with E-state index >= 15 is 0 Å². The first-order chi connectivity index (χ1) is 8.24. The van der Waals surface area contributed by atoms with E-state index < -0.39 is 0 Å². The van der Waals surface area contributed by atoms with Crippen LogP contribution in [0.15, 0.2) is 22.9 Å². The Morgan fingerprint density at radius 1 is 1.53 bits per heavy atom. The summed E-state index contributed by atoms with van der Waals surface area (Å²) in [7, 11) is 0. The van der Waals surface area contributed by atoms with Crippen LogP contribution in [0.4, 0.5) is 0 Å². The molecule has 86 valence electrons. The third-order valence-electron chi connectivity index (χ3n) is 2.39. The molecule has 0 aromatic carbocycles. The van der Waals surface area contributed by atoms with Crippen LogP contribution in [0.25, 0.3) is 11.2 Å². The van der Waals surface area contributed by atoms with Gasteiger partial charge in [-0.15, -0.1) is 0 Å². The second-order valence-corrected chi connectivity index (χ2v) is 4.01. The molecule has 7 heteroatoms. The first-order valence-electron chi connectivity index (χ1n) is 5.07. The van der Waals surface area contributed by atoms with Crippen molar-refractivity contribution in [3.05, 3.63) is 34.8 Å². The number of aromatic amines is 1. The first-order valence-corrected chi connectivity index (χ1v) is 5.47. The molecule has 3 rings (SSSR count). The van der Waals surface area contributed by atoms with Crippen LogP contribution >= 0.6 is 12.2 Å². The Balaban J connectivity index is 2.11. The number of imidazole rings is 1. The fourth-order valence-electron chi connectivity index (χ4n) is 1.67. The fraction of sp³-hybridized carbons (Fsp3) is 0.200. The summed E-state index contributed by atoms with van der Waals surface area (Å²) in [5.41, 5.74) is 1.68. The highest BCUT2D eigenvalue weighted by Crippen LogP contribution is 2.12. The van der Waals surface area contributed by atoms with Gasteiger partial charge in [-0.05, 0) is 31.3 Å². The van der Waals surface area contributed by atoms with Crippen molar-refractivity contribution < 1.29 is 4.52 Å². The molecule has 0 fully saturated rings. The Hall–Kier alpha value is -2.02. The summed E-state index contributed by atoms with van der Waals surface area (Å²) in [5, 5.41) is 3.74. The van der Waals surface area contributed by atoms with Crippen LogP contribution in [0.5, 0.6) is 0 Å². The third kappa shape index (κ3) is 1.74. The van der Waals surface area contributed by atoms with E-state index in [0.717, 1.165) is 11.2 Å². The van der Waals surface area contributed by atoms with Crippen molar-refractivity contribution in [2.45, 2.75) is 13.5 Å². The van der Waals surface area contributed by atoms with Gasteiger partial charge < -0.3 is 9.51 Å². The van der Waals surface area contributed by atoms with E-state index in [2.05, 4.69) is 20.1 Å². The van der Waals surface area contributed by atoms with Gasteiger partial charge in [0.25, 0.3) is 0 Å². The summed E-state index contributed by atoms with van der Waals surface area (Å²) in [6.07, 6.45) is 1.72. The molecule has 3 heterocycles. The number of fused-ring (bicyclic) bond motifs is 1. The highest BCUT2D eigenvalue weighted by Gasteiger charge is 2.09. The normalized spacial score (nSPS) is 11.1. The molecule has 0 aliphatic carbocycles. The van der Waals surface area contributed by atoms with Crippen molar-refractivity contribution in [3.8, 4) is 0 Å². The van der Waals surface area contributed by atoms with E-state index in [0.29, 0.717) is 23.0 Å². The maximum atomic E-state index is 5.24. The molecule has 0 atom stereocenters. The number of hydrogen-bond donors (Lipinski definition) is 1. The Kier molecular flexibility index (Phi) is 2.25. The molecular weight excluding hydrogens is 238 g/mol. The van der Waals surface area contributed by atoms with E-state index in [4.69, 9.17) is 16.7 Å². The van der Waals surface area contributed by atoms with Gasteiger partial charge in [-0.1, -0.05) is 5.16 Å². The van der Waals surface area contributed by atoms with Gasteiger partial charge in [0.1, 0.15) is 6.54 Å². The van der Waals surface area contributed by atoms with Crippen LogP contribution in [-0.4, -0.2) is 24.7 Å². The molecule has 0 radical (unpaired) electrons. The fourth-order valence-corrected chi connectivity index (χ4v) is 1.94. The van der Waals surface area contributed by atoms with Crippen molar-refractivity contribution in [3.63, 3.8) is 0 Å². The molecule has 0 bridgehead atoms. The Morgan fingerprint density at radius 2 is 2.41 bits per heavy atom. The van der Waals surface area contributed by atoms with Gasteiger partial charge in [0.2, 0.25) is 5.89 Å². The largest absolute Gasteiger partial charge is 0.337 e. The van der Waals surface area contributed by atoms with Gasteiger partial charge in [-0.2, -0.15) is 4.98 Å². The van der Waals surface area contributed by atoms with Crippen molar-refractivity contribution in [2.75, 3.05) is 0 Å². The lowest BCUT2D eigenvalue weighted by Gasteiger charge is -1.98. The summed E-state index contributed by atoms with van der Waals surface area (Å²) in [5.74, 6) is 1.13. The topological polar surface area (TPSA) is 72.5 Å². The second kappa shape index (κ2) is 3.77. The molecule has 0 spiro atoms. The molecule has 17 heavy (non-hydrogen) atoms. The van der Waals surface area contributed by atoms with Crippen LogP contribution in [0.3, 0.4) is 0 Å². The maximum Gasteiger partial charge on any atom is 0.246 e. The summed E-state index contributed by atoms with van der Waals surface area (Å²) >= 11 is 5.24. The maximum absolute atomic E-state index is 5.24. The number of nitrogens with one attached hydrogen (secondary N) is 1. The van der Waals surface area contributed by atoms with Crippen LogP contribution in [0.2, 0.25) is 0 Å². The minimum atomic E-state index is 0.427. The predicted octanol–water partition coefficient (Wildman–Crippen LogP) is 1.83. The standard InChI is InChI=1S/C10H9N5OS/c1-6-12-8(16-14-6)5-15-9-7(13-10(15)17)3-2-4-11-9/h2-4H,5H2,1H3,(H,13,17). The van der Waals surface area contributed by atoms with Gasteiger partial charge in [-0.3, -0.25) is 4.57 Å². The molecule has 6 nitrogen and oxygen atoms in total. The lowest BCUT2D eigenvalue weighted by molar-refractivity contribution is 0.368. The Bertz CT molecular complexity index is 725. The van der Waals surface area contributed by atoms with E-state index in [9.17, 15) is 0 Å². The number of pyridine rings is 1. The monoisotopic (exact) mass is 247 g/mol. The zero-order valence-electron chi connectivity index (χ0n) is 9.04. The SMILES string of the molecule is Cc1noc(Cn2c(=S)[nH]c3cccnc32)n1. The predicted molar refractivity (Wildman–Crippen MR) is 63.1 cm³/mol. The molecule has 0 amide bonds. The number of aromatic nitrogens is 5. The van der Waals surface area contributed by atoms with Crippen LogP contribution in [0.1, 0.15) is 11.7 Å². The number of aryl methyl sites for hydroxylation is 1. The second-order valence-electron chi connectivity index (χ2n) is 3.63. The lowest BCUT2D eigenvalue weighted by atomic mass is 10.4. The van der Waals surface area contributed by atoms with Gasteiger partial charge in [0.15, 0.2) is 16.2 Å². The third-order valence-corrected chi connectivity index (χ3v) is 2.71. The van der Waals surface area contributed by atoms with Crippen molar-refractivity contribution >= 4 is 23.4 Å². The molecule has 1 N–H and O–H groups in total. The van der Waals surface area contributed by atoms with E-state index in [-0.39, 0.29) is 0 Å². The minimum absolute atomic E-state index is 0.427. The van der Waals surface area contributed by atoms with Crippen molar-refractivity contribution in [1.29, 1.82) is 0 Å². The smallest absolute Gasteiger partial charge is 0.246 e. The van der Waals surface area contributed by atoms with Crippen LogP contribution in [0, 0.1) is 11.7 Å². The molecule has 0 saturated carbocycles. The van der Waals surface area contributed by atoms with Gasteiger partial charge in [0, 0.05) is 6.20 Å². The lowest BCUT2D eigenvalue weighted by Crippen LogP contribution is -2.01. The quantitative estimate of drug-likeness (QED) is 0.699. The average molecular weight is 247 g/mol. The van der Waals surface area contributed by atoms with E-state index in [1.54, 1.807) is 13.1 Å². The molecular formula is C10H9N5OS. The van der Waals surface area contributed by atoms with Gasteiger partial charge in [-0.25, -0.2) is 4.98 Å². The first kappa shape index (κ1) is 10.2. The number of nitrogens with zero attached hydrogens (tertiary/aromatic N) is 4. The van der Waals surface area contributed by atoms with Crippen LogP contribution < -0.4 is 0 Å². The summed E-state index contributed by atoms with van der Waals surface area (Å²) in [4.78, 5) is 11.5. The summed E-state index contributed by atoms with van der Waals surface area (Å²) < 4.78 is 7.49. The average Bonchev–Trinajstić information content (AvgIpc) is 2.85. The Labute approximate surface area is 101 Å². The van der Waals surface area contributed by atoms with E-state index in [1.165, 1.54) is 0 Å². The van der Waals surface area contributed by atoms with Crippen LogP contribution in [-0.2, 0) is 6.54 Å². The van der Waals surface area contributed by atoms with E-state index in [1.807, 2.05) is 16.7 Å². The highest BCUT2D eigenvalue weighted by atomic mass is 32.1. The van der Waals surface area contributed by atoms with Gasteiger partial charge in [0.05, 0.1) is 5.52 Å².